The number of furan rings is 1. The Labute approximate surface area is 105 Å². The van der Waals surface area contributed by atoms with Crippen LogP contribution in [0.15, 0.2) is 23.0 Å². The van der Waals surface area contributed by atoms with Crippen molar-refractivity contribution >= 4 is 0 Å². The van der Waals surface area contributed by atoms with Crippen molar-refractivity contribution in [1.82, 2.24) is 5.32 Å². The Balaban J connectivity index is 1.90. The van der Waals surface area contributed by atoms with Crippen LogP contribution in [-0.2, 0) is 6.42 Å². The fourth-order valence-corrected chi connectivity index (χ4v) is 3.06. The monoisotopic (exact) mass is 235 g/mol. The Bertz CT molecular complexity index is 286. The summed E-state index contributed by atoms with van der Waals surface area (Å²) in [4.78, 5) is 0. The molecule has 96 valence electrons. The highest BCUT2D eigenvalue weighted by Gasteiger charge is 2.21. The van der Waals surface area contributed by atoms with Crippen molar-refractivity contribution in [2.45, 2.75) is 57.4 Å². The molecule has 17 heavy (non-hydrogen) atoms. The molecule has 1 unspecified atom stereocenters. The van der Waals surface area contributed by atoms with Gasteiger partial charge in [0, 0.05) is 6.04 Å². The molecule has 2 heteroatoms. The first kappa shape index (κ1) is 12.7. The predicted octanol–water partition coefficient (Wildman–Crippen LogP) is 3.77. The average molecular weight is 235 g/mol. The molecule has 1 N–H and O–H groups in total. The summed E-state index contributed by atoms with van der Waals surface area (Å²) in [7, 11) is 2.10. The maximum absolute atomic E-state index is 5.16. The first-order chi connectivity index (χ1) is 8.40. The second-order valence-electron chi connectivity index (χ2n) is 5.34. The third-order valence-electron chi connectivity index (χ3n) is 4.13. The molecule has 1 heterocycles. The summed E-state index contributed by atoms with van der Waals surface area (Å²) < 4.78 is 5.16. The van der Waals surface area contributed by atoms with Gasteiger partial charge in [0.2, 0.25) is 0 Å². The van der Waals surface area contributed by atoms with Gasteiger partial charge in [-0.05, 0) is 43.9 Å². The van der Waals surface area contributed by atoms with E-state index in [9.17, 15) is 0 Å². The van der Waals surface area contributed by atoms with Crippen LogP contribution in [0.5, 0.6) is 0 Å². The highest BCUT2D eigenvalue weighted by atomic mass is 16.3. The predicted molar refractivity (Wildman–Crippen MR) is 71.1 cm³/mol. The molecule has 1 aromatic heterocycles. The lowest BCUT2D eigenvalue weighted by Gasteiger charge is -2.28. The minimum absolute atomic E-state index is 0.616. The van der Waals surface area contributed by atoms with Crippen LogP contribution in [0.3, 0.4) is 0 Å². The number of rotatable bonds is 4. The maximum Gasteiger partial charge on any atom is 0.0935 e. The number of likely N-dealkylation sites (N-methyl/N-ethyl adjacent to an activating group) is 1. The van der Waals surface area contributed by atoms with Crippen molar-refractivity contribution in [1.29, 1.82) is 0 Å². The Morgan fingerprint density at radius 2 is 1.94 bits per heavy atom. The van der Waals surface area contributed by atoms with Crippen molar-refractivity contribution in [2.24, 2.45) is 5.92 Å². The first-order valence-electron chi connectivity index (χ1n) is 7.08. The van der Waals surface area contributed by atoms with E-state index in [-0.39, 0.29) is 0 Å². The number of nitrogens with one attached hydrogen (secondary N) is 1. The molecular weight excluding hydrogens is 210 g/mol. The highest BCUT2D eigenvalue weighted by molar-refractivity contribution is 5.08. The quantitative estimate of drug-likeness (QED) is 0.859. The molecule has 1 aliphatic rings. The van der Waals surface area contributed by atoms with Crippen molar-refractivity contribution in [3.63, 3.8) is 0 Å². The van der Waals surface area contributed by atoms with Gasteiger partial charge in [-0.25, -0.2) is 0 Å². The lowest BCUT2D eigenvalue weighted by atomic mass is 9.84. The summed E-state index contributed by atoms with van der Waals surface area (Å²) in [6, 6.07) is 2.71. The van der Waals surface area contributed by atoms with E-state index in [0.717, 1.165) is 12.3 Å². The largest absolute Gasteiger partial charge is 0.472 e. The Morgan fingerprint density at radius 3 is 2.53 bits per heavy atom. The molecule has 2 nitrogen and oxygen atoms in total. The van der Waals surface area contributed by atoms with Gasteiger partial charge in [0.05, 0.1) is 12.5 Å². The molecule has 2 rings (SSSR count). The van der Waals surface area contributed by atoms with Crippen LogP contribution >= 0.6 is 0 Å². The second-order valence-corrected chi connectivity index (χ2v) is 5.34. The summed E-state index contributed by atoms with van der Waals surface area (Å²) in [5.74, 6) is 0.843. The Morgan fingerprint density at radius 1 is 1.24 bits per heavy atom. The van der Waals surface area contributed by atoms with Gasteiger partial charge in [-0.15, -0.1) is 0 Å². The molecule has 0 aliphatic heterocycles. The minimum atomic E-state index is 0.616. The van der Waals surface area contributed by atoms with Crippen molar-refractivity contribution < 1.29 is 4.42 Å². The lowest BCUT2D eigenvalue weighted by Crippen LogP contribution is -2.35. The van der Waals surface area contributed by atoms with Gasteiger partial charge in [-0.2, -0.15) is 0 Å². The zero-order valence-electron chi connectivity index (χ0n) is 11.0. The van der Waals surface area contributed by atoms with Gasteiger partial charge < -0.3 is 9.73 Å². The fraction of sp³-hybridized carbons (Fsp3) is 0.733. The summed E-state index contributed by atoms with van der Waals surface area (Å²) >= 11 is 0. The van der Waals surface area contributed by atoms with E-state index >= 15 is 0 Å². The van der Waals surface area contributed by atoms with Gasteiger partial charge in [0.1, 0.15) is 0 Å². The molecule has 1 saturated carbocycles. The third-order valence-corrected chi connectivity index (χ3v) is 4.13. The topological polar surface area (TPSA) is 25.2 Å². The SMILES string of the molecule is CNC(Cc1ccoc1)C1CCCCCCC1. The fourth-order valence-electron chi connectivity index (χ4n) is 3.06. The van der Waals surface area contributed by atoms with Gasteiger partial charge in [-0.1, -0.05) is 32.1 Å². The lowest BCUT2D eigenvalue weighted by molar-refractivity contribution is 0.293. The van der Waals surface area contributed by atoms with Crippen LogP contribution in [0.4, 0.5) is 0 Å². The summed E-state index contributed by atoms with van der Waals surface area (Å²) in [6.07, 6.45) is 14.7. The van der Waals surface area contributed by atoms with Gasteiger partial charge >= 0.3 is 0 Å². The van der Waals surface area contributed by atoms with Crippen LogP contribution < -0.4 is 5.32 Å². The van der Waals surface area contributed by atoms with Crippen LogP contribution in [0.25, 0.3) is 0 Å². The van der Waals surface area contributed by atoms with E-state index in [1.54, 1.807) is 6.26 Å². The van der Waals surface area contributed by atoms with Crippen LogP contribution in [0, 0.1) is 5.92 Å². The average Bonchev–Trinajstić information content (AvgIpc) is 2.79. The summed E-state index contributed by atoms with van der Waals surface area (Å²) in [5.41, 5.74) is 1.33. The van der Waals surface area contributed by atoms with E-state index in [1.165, 1.54) is 50.5 Å². The summed E-state index contributed by atoms with van der Waals surface area (Å²) in [6.45, 7) is 0. The van der Waals surface area contributed by atoms with E-state index in [1.807, 2.05) is 6.26 Å². The van der Waals surface area contributed by atoms with E-state index in [2.05, 4.69) is 18.4 Å². The highest BCUT2D eigenvalue weighted by Crippen LogP contribution is 2.26. The standard InChI is InChI=1S/C15H25NO/c1-16-15(11-13-9-10-17-12-13)14-7-5-3-2-4-6-8-14/h9-10,12,14-16H,2-8,11H2,1H3. The van der Waals surface area contributed by atoms with Crippen molar-refractivity contribution in [2.75, 3.05) is 7.05 Å². The van der Waals surface area contributed by atoms with Crippen LogP contribution in [-0.4, -0.2) is 13.1 Å². The first-order valence-corrected chi connectivity index (χ1v) is 7.08. The van der Waals surface area contributed by atoms with Gasteiger partial charge in [0.15, 0.2) is 0 Å². The van der Waals surface area contributed by atoms with Gasteiger partial charge in [0.25, 0.3) is 0 Å². The maximum atomic E-state index is 5.16. The number of hydrogen-bond donors (Lipinski definition) is 1. The Kier molecular flexibility index (Phi) is 5.11. The molecule has 1 aliphatic carbocycles. The molecule has 1 atom stereocenters. The van der Waals surface area contributed by atoms with E-state index in [4.69, 9.17) is 4.42 Å². The normalized spacial score (nSPS) is 20.8. The minimum Gasteiger partial charge on any atom is -0.472 e. The van der Waals surface area contributed by atoms with Crippen LogP contribution in [0.1, 0.15) is 50.5 Å². The molecule has 1 fully saturated rings. The molecule has 0 amide bonds. The second kappa shape index (κ2) is 6.85. The number of hydrogen-bond acceptors (Lipinski definition) is 2. The molecular formula is C15H25NO. The molecule has 0 aromatic carbocycles. The van der Waals surface area contributed by atoms with E-state index in [0.29, 0.717) is 6.04 Å². The molecule has 0 saturated heterocycles. The molecule has 1 aromatic rings. The third kappa shape index (κ3) is 3.88. The summed E-state index contributed by atoms with van der Waals surface area (Å²) in [5, 5.41) is 3.52. The molecule has 0 spiro atoms. The Hall–Kier alpha value is -0.760. The van der Waals surface area contributed by atoms with E-state index < -0.39 is 0 Å². The van der Waals surface area contributed by atoms with Crippen molar-refractivity contribution in [3.8, 4) is 0 Å². The smallest absolute Gasteiger partial charge is 0.0935 e. The molecule has 0 radical (unpaired) electrons. The molecule has 0 bridgehead atoms. The van der Waals surface area contributed by atoms with Crippen molar-refractivity contribution in [3.05, 3.63) is 24.2 Å². The zero-order chi connectivity index (χ0) is 11.9. The zero-order valence-corrected chi connectivity index (χ0v) is 11.0. The van der Waals surface area contributed by atoms with Crippen LogP contribution in [0.2, 0.25) is 0 Å². The van der Waals surface area contributed by atoms with Gasteiger partial charge in [-0.3, -0.25) is 0 Å².